The first-order valence-corrected chi connectivity index (χ1v) is 7.25. The molecule has 0 atom stereocenters. The fraction of sp³-hybridized carbons (Fsp3) is 0.333. The minimum atomic E-state index is -0.688. The van der Waals surface area contributed by atoms with Gasteiger partial charge in [0.25, 0.3) is 5.91 Å². The van der Waals surface area contributed by atoms with Gasteiger partial charge in [0.05, 0.1) is 11.3 Å². The molecule has 0 fully saturated rings. The van der Waals surface area contributed by atoms with Gasteiger partial charge in [0.1, 0.15) is 21.5 Å². The summed E-state index contributed by atoms with van der Waals surface area (Å²) in [7, 11) is 0. The smallest absolute Gasteiger partial charge is 0.263 e. The lowest BCUT2D eigenvalue weighted by molar-refractivity contribution is 0.0923. The minimum absolute atomic E-state index is 0.169. The van der Waals surface area contributed by atoms with Gasteiger partial charge >= 0.3 is 0 Å². The van der Waals surface area contributed by atoms with Gasteiger partial charge in [-0.05, 0) is 39.8 Å². The summed E-state index contributed by atoms with van der Waals surface area (Å²) in [6.45, 7) is 7.23. The van der Waals surface area contributed by atoms with Crippen LogP contribution >= 0.6 is 11.3 Å². The normalized spacial score (nSPS) is 11.5. The molecule has 0 saturated heterocycles. The molecule has 3 nitrogen and oxygen atoms in total. The number of rotatable bonds is 2. The van der Waals surface area contributed by atoms with E-state index in [9.17, 15) is 13.6 Å². The molecule has 2 rings (SSSR count). The summed E-state index contributed by atoms with van der Waals surface area (Å²) >= 11 is 0.987. The Kier molecular flexibility index (Phi) is 4.09. The molecular formula is C15H16F2N2OS. The maximum atomic E-state index is 13.8. The molecule has 0 unspecified atom stereocenters. The van der Waals surface area contributed by atoms with Gasteiger partial charge in [-0.25, -0.2) is 13.8 Å². The van der Waals surface area contributed by atoms with Crippen LogP contribution in [-0.2, 0) is 0 Å². The van der Waals surface area contributed by atoms with Gasteiger partial charge in [0, 0.05) is 5.54 Å². The summed E-state index contributed by atoms with van der Waals surface area (Å²) in [6, 6.07) is 3.63. The number of thiazole rings is 1. The lowest BCUT2D eigenvalue weighted by atomic mass is 10.1. The minimum Gasteiger partial charge on any atom is -0.347 e. The first kappa shape index (κ1) is 15.6. The molecule has 0 aliphatic carbocycles. The van der Waals surface area contributed by atoms with E-state index in [2.05, 4.69) is 10.3 Å². The average Bonchev–Trinajstić information content (AvgIpc) is 2.68. The number of nitrogens with zero attached hydrogens (tertiary/aromatic N) is 1. The lowest BCUT2D eigenvalue weighted by Crippen LogP contribution is -2.40. The van der Waals surface area contributed by atoms with Crippen molar-refractivity contribution in [2.75, 3.05) is 0 Å². The zero-order valence-corrected chi connectivity index (χ0v) is 13.1. The topological polar surface area (TPSA) is 42.0 Å². The quantitative estimate of drug-likeness (QED) is 0.913. The third-order valence-corrected chi connectivity index (χ3v) is 3.84. The van der Waals surface area contributed by atoms with Gasteiger partial charge in [-0.1, -0.05) is 6.07 Å². The lowest BCUT2D eigenvalue weighted by Gasteiger charge is -2.19. The van der Waals surface area contributed by atoms with E-state index in [1.807, 2.05) is 20.8 Å². The van der Waals surface area contributed by atoms with Crippen LogP contribution in [-0.4, -0.2) is 16.4 Å². The van der Waals surface area contributed by atoms with Crippen molar-refractivity contribution in [1.82, 2.24) is 10.3 Å². The molecule has 112 valence electrons. The maximum Gasteiger partial charge on any atom is 0.263 e. The van der Waals surface area contributed by atoms with Gasteiger partial charge in [0.15, 0.2) is 0 Å². The highest BCUT2D eigenvalue weighted by atomic mass is 32.1. The molecule has 2 aromatic rings. The third-order valence-electron chi connectivity index (χ3n) is 2.67. The number of aromatic nitrogens is 1. The van der Waals surface area contributed by atoms with Gasteiger partial charge in [-0.15, -0.1) is 11.3 Å². The van der Waals surface area contributed by atoms with Crippen LogP contribution < -0.4 is 5.32 Å². The zero-order valence-electron chi connectivity index (χ0n) is 12.3. The summed E-state index contributed by atoms with van der Waals surface area (Å²) < 4.78 is 27.6. The van der Waals surface area contributed by atoms with Crippen LogP contribution in [0.1, 0.15) is 36.1 Å². The second kappa shape index (κ2) is 5.52. The van der Waals surface area contributed by atoms with Crippen LogP contribution in [0.2, 0.25) is 0 Å². The monoisotopic (exact) mass is 310 g/mol. The SMILES string of the molecule is Cc1nc(-c2c(F)cccc2F)sc1C(=O)NC(C)(C)C. The van der Waals surface area contributed by atoms with Crippen molar-refractivity contribution in [2.24, 2.45) is 0 Å². The van der Waals surface area contributed by atoms with E-state index < -0.39 is 17.2 Å². The van der Waals surface area contributed by atoms with Crippen molar-refractivity contribution < 1.29 is 13.6 Å². The van der Waals surface area contributed by atoms with Gasteiger partial charge in [-0.2, -0.15) is 0 Å². The van der Waals surface area contributed by atoms with Crippen LogP contribution in [0.4, 0.5) is 8.78 Å². The molecule has 1 N–H and O–H groups in total. The van der Waals surface area contributed by atoms with E-state index in [1.54, 1.807) is 6.92 Å². The van der Waals surface area contributed by atoms with Crippen molar-refractivity contribution in [3.8, 4) is 10.6 Å². The van der Waals surface area contributed by atoms with Gasteiger partial charge in [0.2, 0.25) is 0 Å². The van der Waals surface area contributed by atoms with Gasteiger partial charge < -0.3 is 5.32 Å². The van der Waals surface area contributed by atoms with Gasteiger partial charge in [-0.3, -0.25) is 4.79 Å². The van der Waals surface area contributed by atoms with Crippen LogP contribution in [0.25, 0.3) is 10.6 Å². The Labute approximate surface area is 126 Å². The fourth-order valence-electron chi connectivity index (χ4n) is 1.81. The number of carbonyl (C=O) groups excluding carboxylic acids is 1. The first-order valence-electron chi connectivity index (χ1n) is 6.43. The molecule has 0 bridgehead atoms. The number of amides is 1. The van der Waals surface area contributed by atoms with Crippen molar-refractivity contribution in [3.63, 3.8) is 0 Å². The van der Waals surface area contributed by atoms with E-state index in [1.165, 1.54) is 18.2 Å². The highest BCUT2D eigenvalue weighted by Crippen LogP contribution is 2.31. The van der Waals surface area contributed by atoms with Crippen LogP contribution in [0, 0.1) is 18.6 Å². The molecule has 1 aromatic carbocycles. The van der Waals surface area contributed by atoms with Crippen molar-refractivity contribution in [3.05, 3.63) is 40.4 Å². The third kappa shape index (κ3) is 3.44. The predicted octanol–water partition coefficient (Wildman–Crippen LogP) is 3.93. The summed E-state index contributed by atoms with van der Waals surface area (Å²) in [6.07, 6.45) is 0. The Morgan fingerprint density at radius 1 is 1.24 bits per heavy atom. The molecule has 1 amide bonds. The molecule has 1 aromatic heterocycles. The highest BCUT2D eigenvalue weighted by molar-refractivity contribution is 7.17. The second-order valence-corrected chi connectivity index (χ2v) is 6.73. The molecule has 6 heteroatoms. The molecule has 0 radical (unpaired) electrons. The fourth-order valence-corrected chi connectivity index (χ4v) is 2.82. The van der Waals surface area contributed by atoms with Crippen LogP contribution in [0.3, 0.4) is 0 Å². The molecule has 0 saturated carbocycles. The van der Waals surface area contributed by atoms with E-state index in [0.717, 1.165) is 11.3 Å². The maximum absolute atomic E-state index is 13.8. The number of hydrogen-bond donors (Lipinski definition) is 1. The number of aryl methyl sites for hydroxylation is 1. The highest BCUT2D eigenvalue weighted by Gasteiger charge is 2.23. The first-order chi connectivity index (χ1) is 9.69. The largest absolute Gasteiger partial charge is 0.347 e. The van der Waals surface area contributed by atoms with E-state index in [4.69, 9.17) is 0 Å². The van der Waals surface area contributed by atoms with Crippen molar-refractivity contribution in [1.29, 1.82) is 0 Å². The second-order valence-electron chi connectivity index (χ2n) is 5.73. The van der Waals surface area contributed by atoms with Crippen molar-refractivity contribution >= 4 is 17.2 Å². The summed E-state index contributed by atoms with van der Waals surface area (Å²) in [5.41, 5.74) is -0.128. The molecule has 21 heavy (non-hydrogen) atoms. The standard InChI is InChI=1S/C15H16F2N2OS/c1-8-12(13(20)19-15(2,3)4)21-14(18-8)11-9(16)6-5-7-10(11)17/h5-7H,1-4H3,(H,19,20). The van der Waals surface area contributed by atoms with E-state index in [-0.39, 0.29) is 16.5 Å². The predicted molar refractivity (Wildman–Crippen MR) is 79.4 cm³/mol. The number of hydrogen-bond acceptors (Lipinski definition) is 3. The Morgan fingerprint density at radius 3 is 2.33 bits per heavy atom. The summed E-state index contributed by atoms with van der Waals surface area (Å²) in [5.74, 6) is -1.67. The molecule has 0 aliphatic rings. The summed E-state index contributed by atoms with van der Waals surface area (Å²) in [5, 5.41) is 2.98. The zero-order chi connectivity index (χ0) is 15.8. The summed E-state index contributed by atoms with van der Waals surface area (Å²) in [4.78, 5) is 16.7. The number of halogens is 2. The Morgan fingerprint density at radius 2 is 1.81 bits per heavy atom. The van der Waals surface area contributed by atoms with E-state index >= 15 is 0 Å². The van der Waals surface area contributed by atoms with Crippen LogP contribution in [0.5, 0.6) is 0 Å². The Bertz CT molecular complexity index is 669. The molecule has 0 spiro atoms. The van der Waals surface area contributed by atoms with Crippen molar-refractivity contribution in [2.45, 2.75) is 33.2 Å². The molecule has 0 aliphatic heterocycles. The number of nitrogens with one attached hydrogen (secondary N) is 1. The Balaban J connectivity index is 2.42. The number of carbonyl (C=O) groups is 1. The molecule has 1 heterocycles. The molecular weight excluding hydrogens is 294 g/mol. The van der Waals surface area contributed by atoms with Crippen LogP contribution in [0.15, 0.2) is 18.2 Å². The average molecular weight is 310 g/mol. The van der Waals surface area contributed by atoms with E-state index in [0.29, 0.717) is 10.6 Å². The number of benzene rings is 1. The Hall–Kier alpha value is -1.82.